The van der Waals surface area contributed by atoms with Crippen molar-refractivity contribution in [2.75, 3.05) is 41.9 Å². The van der Waals surface area contributed by atoms with Gasteiger partial charge in [-0.1, -0.05) is 23.2 Å². The zero-order chi connectivity index (χ0) is 24.9. The largest absolute Gasteiger partial charge is 0.494 e. The van der Waals surface area contributed by atoms with Crippen LogP contribution in [0.1, 0.15) is 0 Å². The molecule has 0 spiro atoms. The molecule has 1 unspecified atom stereocenters. The number of aromatic nitrogens is 2. The van der Waals surface area contributed by atoms with E-state index in [1.165, 1.54) is 0 Å². The Morgan fingerprint density at radius 2 is 1.41 bits per heavy atom. The van der Waals surface area contributed by atoms with Crippen molar-refractivity contribution < 1.29 is 76.4 Å². The fraction of sp³-hybridized carbons (Fsp3) is 0.182. The fourth-order valence-electron chi connectivity index (χ4n) is 3.31. The third-order valence-corrected chi connectivity index (χ3v) is 6.87. The Morgan fingerprint density at radius 3 is 1.92 bits per heavy atom. The SMILES string of the molecule is O.O.[CH2-]N1CCN=C1Nc1c(Cl)cc(NP)cc1Cl.[CH2-]N1CCN=C1Nc1ccc2nccnc2c1Br.[Y].[Y]. The standard InChI is InChI=1S/C12H11BrN5.C10H12Cl2N4P.2H2O.2Y/c1-18-7-6-16-12(18)17-8-2-3-9-11(10(8)13)15-5-4-14-9;1-16-3-2-13-10(16)14-9-7(11)4-6(15-17)5-8(9)12;;;;/h2-5H,1,6-7H2,(H,16,17);4-5,15H,1-3,17H2,(H,13,14);2*1H2;;/q2*-1;;;;. The van der Waals surface area contributed by atoms with Gasteiger partial charge in [0.15, 0.2) is 11.9 Å². The van der Waals surface area contributed by atoms with Gasteiger partial charge in [-0.3, -0.25) is 34.0 Å². The maximum atomic E-state index is 6.15. The normalized spacial score (nSPS) is 13.4. The summed E-state index contributed by atoms with van der Waals surface area (Å²) in [6.45, 7) is 3.14. The third-order valence-electron chi connectivity index (χ3n) is 5.13. The number of nitrogens with zero attached hydrogens (tertiary/aromatic N) is 6. The van der Waals surface area contributed by atoms with Gasteiger partial charge in [0.1, 0.15) is 5.52 Å². The van der Waals surface area contributed by atoms with Gasteiger partial charge in [0.2, 0.25) is 0 Å². The van der Waals surface area contributed by atoms with Crippen molar-refractivity contribution in [2.45, 2.75) is 0 Å². The summed E-state index contributed by atoms with van der Waals surface area (Å²) in [6.07, 6.45) is 3.36. The minimum absolute atomic E-state index is 0. The van der Waals surface area contributed by atoms with Gasteiger partial charge < -0.3 is 36.5 Å². The quantitative estimate of drug-likeness (QED) is 0.270. The number of nitrogens with one attached hydrogen (secondary N) is 3. The Balaban J connectivity index is 0.000000673. The number of fused-ring (bicyclic) bond motifs is 1. The van der Waals surface area contributed by atoms with E-state index in [1.54, 1.807) is 29.4 Å². The van der Waals surface area contributed by atoms with Crippen molar-refractivity contribution in [3.8, 4) is 0 Å². The first kappa shape index (κ1) is 38.7. The molecule has 1 atom stereocenters. The number of aliphatic imine (C=N–C) groups is 2. The molecule has 0 saturated heterocycles. The van der Waals surface area contributed by atoms with Gasteiger partial charge in [-0.25, -0.2) is 0 Å². The van der Waals surface area contributed by atoms with Gasteiger partial charge in [0.25, 0.3) is 0 Å². The second-order valence-electron chi connectivity index (χ2n) is 7.50. The molecule has 7 N–H and O–H groups in total. The first-order chi connectivity index (χ1) is 16.9. The van der Waals surface area contributed by atoms with E-state index in [1.807, 2.05) is 17.0 Å². The fourth-order valence-corrected chi connectivity index (χ4v) is 4.59. The molecule has 1 aromatic heterocycles. The van der Waals surface area contributed by atoms with Crippen LogP contribution in [0.3, 0.4) is 0 Å². The third kappa shape index (κ3) is 9.91. The number of guanidine groups is 2. The summed E-state index contributed by atoms with van der Waals surface area (Å²) in [5.74, 6) is 1.46. The second-order valence-corrected chi connectivity index (χ2v) is 9.39. The summed E-state index contributed by atoms with van der Waals surface area (Å²) < 4.78 is 0.885. The van der Waals surface area contributed by atoms with Crippen molar-refractivity contribution >= 4 is 88.5 Å². The van der Waals surface area contributed by atoms with Crippen LogP contribution in [0.2, 0.25) is 10.0 Å². The van der Waals surface area contributed by atoms with E-state index in [-0.39, 0.29) is 76.4 Å². The minimum atomic E-state index is 0. The predicted molar refractivity (Wildman–Crippen MR) is 160 cm³/mol. The number of benzene rings is 2. The van der Waals surface area contributed by atoms with Crippen LogP contribution in [0.4, 0.5) is 17.1 Å². The summed E-state index contributed by atoms with van der Waals surface area (Å²) in [5.41, 5.74) is 4.07. The average Bonchev–Trinajstić information content (AvgIpc) is 3.45. The van der Waals surface area contributed by atoms with Crippen LogP contribution in [0.5, 0.6) is 0 Å². The maximum absolute atomic E-state index is 6.15. The van der Waals surface area contributed by atoms with Crippen LogP contribution in [0, 0.1) is 14.1 Å². The Bertz CT molecular complexity index is 1290. The van der Waals surface area contributed by atoms with E-state index in [9.17, 15) is 0 Å². The van der Waals surface area contributed by atoms with Crippen LogP contribution in [0.25, 0.3) is 11.0 Å². The smallest absolute Gasteiger partial charge is 0.168 e. The molecule has 2 aromatic carbocycles. The Hall–Kier alpha value is -0.262. The summed E-state index contributed by atoms with van der Waals surface area (Å²) in [4.78, 5) is 20.8. The molecule has 206 valence electrons. The number of hydrogen-bond acceptors (Lipinski definition) is 9. The molecular formula is C22H27BrCl2N9O2PY2-2. The van der Waals surface area contributed by atoms with Crippen LogP contribution < -0.4 is 15.7 Å². The molecule has 0 saturated carbocycles. The van der Waals surface area contributed by atoms with E-state index < -0.39 is 0 Å². The second kappa shape index (κ2) is 18.3. The Labute approximate surface area is 298 Å². The molecule has 0 fully saturated rings. The van der Waals surface area contributed by atoms with Crippen LogP contribution in [0.15, 0.2) is 51.1 Å². The van der Waals surface area contributed by atoms with Crippen molar-refractivity contribution in [1.29, 1.82) is 0 Å². The number of anilines is 3. The van der Waals surface area contributed by atoms with Crippen molar-refractivity contribution in [3.05, 3.63) is 65.3 Å². The zero-order valence-corrected chi connectivity index (χ0v) is 30.7. The van der Waals surface area contributed by atoms with Crippen molar-refractivity contribution in [3.63, 3.8) is 0 Å². The Kier molecular flexibility index (Phi) is 18.2. The summed E-state index contributed by atoms with van der Waals surface area (Å²) in [5, 5.41) is 10.3. The Morgan fingerprint density at radius 1 is 0.872 bits per heavy atom. The molecule has 5 rings (SSSR count). The van der Waals surface area contributed by atoms with E-state index in [0.717, 1.165) is 59.0 Å². The molecule has 2 aliphatic heterocycles. The molecule has 0 bridgehead atoms. The number of rotatable bonds is 3. The monoisotopic (exact) mass is 807 g/mol. The van der Waals surface area contributed by atoms with E-state index in [2.05, 4.69) is 75.1 Å². The van der Waals surface area contributed by atoms with Gasteiger partial charge in [-0.2, -0.15) is 0 Å². The zero-order valence-electron chi connectivity index (χ0n) is 20.8. The molecule has 0 aliphatic carbocycles. The molecular weight excluding hydrogens is 782 g/mol. The van der Waals surface area contributed by atoms with E-state index >= 15 is 0 Å². The summed E-state index contributed by atoms with van der Waals surface area (Å²) >= 11 is 15.8. The molecule has 2 radical (unpaired) electrons. The van der Waals surface area contributed by atoms with Gasteiger partial charge in [0, 0.05) is 96.6 Å². The first-order valence-electron chi connectivity index (χ1n) is 10.5. The molecule has 17 heteroatoms. The minimum Gasteiger partial charge on any atom is -0.494 e. The topological polar surface area (TPSA) is 156 Å². The van der Waals surface area contributed by atoms with Gasteiger partial charge in [-0.15, -0.1) is 0 Å². The van der Waals surface area contributed by atoms with Crippen LogP contribution >= 0.6 is 48.5 Å². The molecule has 39 heavy (non-hydrogen) atoms. The molecule has 3 heterocycles. The average molecular weight is 809 g/mol. The number of halogens is 3. The molecule has 2 aliphatic rings. The molecule has 11 nitrogen and oxygen atoms in total. The first-order valence-corrected chi connectivity index (χ1v) is 12.6. The van der Waals surface area contributed by atoms with Gasteiger partial charge >= 0.3 is 0 Å². The van der Waals surface area contributed by atoms with Crippen LogP contribution in [-0.2, 0) is 65.4 Å². The molecule has 3 aromatic rings. The van der Waals surface area contributed by atoms with Crippen LogP contribution in [-0.4, -0.2) is 68.8 Å². The summed E-state index contributed by atoms with van der Waals surface area (Å²) in [7, 11) is 10.1. The number of hydrogen-bond donors (Lipinski definition) is 3. The molecule has 0 amide bonds. The van der Waals surface area contributed by atoms with Gasteiger partial charge in [-0.05, 0) is 49.6 Å². The van der Waals surface area contributed by atoms with E-state index in [4.69, 9.17) is 23.2 Å². The van der Waals surface area contributed by atoms with Gasteiger partial charge in [0.05, 0.1) is 44.5 Å². The van der Waals surface area contributed by atoms with Crippen molar-refractivity contribution in [1.82, 2.24) is 19.8 Å². The summed E-state index contributed by atoms with van der Waals surface area (Å²) in [6, 6.07) is 7.45. The predicted octanol–water partition coefficient (Wildman–Crippen LogP) is 3.68. The van der Waals surface area contributed by atoms with E-state index in [0.29, 0.717) is 21.7 Å². The maximum Gasteiger partial charge on any atom is 0.168 e. The van der Waals surface area contributed by atoms with Crippen molar-refractivity contribution in [2.24, 2.45) is 9.98 Å².